The molecule has 2 rings (SSSR count). The summed E-state index contributed by atoms with van der Waals surface area (Å²) in [7, 11) is 0. The number of rotatable bonds is 1. The number of amides is 3. The number of carbonyl (C=O) groups excluding carboxylic acids is 2. The van der Waals surface area contributed by atoms with E-state index in [9.17, 15) is 14.7 Å². The fraction of sp³-hybridized carbons (Fsp3) is 0.474. The van der Waals surface area contributed by atoms with Crippen LogP contribution in [0.4, 0.5) is 4.79 Å². The van der Waals surface area contributed by atoms with Crippen molar-refractivity contribution in [1.82, 2.24) is 10.4 Å². The van der Waals surface area contributed by atoms with E-state index < -0.39 is 11.9 Å². The second-order valence-electron chi connectivity index (χ2n) is 8.40. The van der Waals surface area contributed by atoms with Gasteiger partial charge in [-0.25, -0.2) is 15.2 Å². The standard InChI is InChI=1S/C19H26N2O5/c1-18(2,3)12-7-11(8-13(15(12)22)19(4,5)6)9-14-16(23)21(10-26-14)17(24)20-25/h7-9,22,25H,10H2,1-6H3,(H,20,24)/b14-9-. The molecule has 26 heavy (non-hydrogen) atoms. The lowest BCUT2D eigenvalue weighted by Crippen LogP contribution is -2.39. The van der Waals surface area contributed by atoms with Crippen molar-refractivity contribution in [1.29, 1.82) is 0 Å². The molecular weight excluding hydrogens is 336 g/mol. The Balaban J connectivity index is 2.54. The Labute approximate surface area is 153 Å². The summed E-state index contributed by atoms with van der Waals surface area (Å²) in [5.74, 6) is -0.398. The van der Waals surface area contributed by atoms with E-state index in [-0.39, 0.29) is 29.1 Å². The van der Waals surface area contributed by atoms with Crippen LogP contribution in [0.25, 0.3) is 6.08 Å². The van der Waals surface area contributed by atoms with Gasteiger partial charge in [-0.1, -0.05) is 41.5 Å². The molecule has 0 bridgehead atoms. The van der Waals surface area contributed by atoms with E-state index in [4.69, 9.17) is 9.94 Å². The second-order valence-corrected chi connectivity index (χ2v) is 8.40. The van der Waals surface area contributed by atoms with E-state index in [0.29, 0.717) is 5.56 Å². The molecule has 1 fully saturated rings. The first-order chi connectivity index (χ1) is 11.9. The summed E-state index contributed by atoms with van der Waals surface area (Å²) in [5, 5.41) is 19.4. The fourth-order valence-electron chi connectivity index (χ4n) is 2.74. The molecule has 142 valence electrons. The Bertz CT molecular complexity index is 734. The van der Waals surface area contributed by atoms with Gasteiger partial charge in [-0.2, -0.15) is 0 Å². The highest BCUT2D eigenvalue weighted by molar-refractivity contribution is 6.06. The van der Waals surface area contributed by atoms with Crippen LogP contribution in [0.1, 0.15) is 58.2 Å². The van der Waals surface area contributed by atoms with Crippen molar-refractivity contribution in [2.75, 3.05) is 6.73 Å². The smallest absolute Gasteiger partial charge is 0.350 e. The van der Waals surface area contributed by atoms with Crippen molar-refractivity contribution in [3.05, 3.63) is 34.6 Å². The average Bonchev–Trinajstić information content (AvgIpc) is 2.87. The number of nitrogens with zero attached hydrogens (tertiary/aromatic N) is 1. The number of nitrogens with one attached hydrogen (secondary N) is 1. The number of hydroxylamine groups is 1. The molecule has 1 saturated heterocycles. The molecule has 3 N–H and O–H groups in total. The third kappa shape index (κ3) is 3.83. The summed E-state index contributed by atoms with van der Waals surface area (Å²) in [5.41, 5.74) is 3.01. The molecule has 3 amide bonds. The van der Waals surface area contributed by atoms with E-state index in [1.165, 1.54) is 11.6 Å². The third-order valence-electron chi connectivity index (χ3n) is 4.19. The number of phenols is 1. The van der Waals surface area contributed by atoms with Gasteiger partial charge >= 0.3 is 6.03 Å². The van der Waals surface area contributed by atoms with Crippen LogP contribution >= 0.6 is 0 Å². The van der Waals surface area contributed by atoms with Crippen LogP contribution in [0.15, 0.2) is 17.9 Å². The Morgan fingerprint density at radius 3 is 2.08 bits per heavy atom. The van der Waals surface area contributed by atoms with Crippen LogP contribution in [0.2, 0.25) is 0 Å². The highest BCUT2D eigenvalue weighted by Gasteiger charge is 2.33. The number of aromatic hydroxyl groups is 1. The van der Waals surface area contributed by atoms with Crippen molar-refractivity contribution in [2.45, 2.75) is 52.4 Å². The average molecular weight is 362 g/mol. The van der Waals surface area contributed by atoms with Gasteiger partial charge in [-0.3, -0.25) is 10.0 Å². The van der Waals surface area contributed by atoms with Crippen LogP contribution in [0, 0.1) is 0 Å². The quantitative estimate of drug-likeness (QED) is 0.405. The second kappa shape index (κ2) is 6.64. The van der Waals surface area contributed by atoms with Crippen LogP contribution in [0.3, 0.4) is 0 Å². The molecule has 1 aromatic carbocycles. The lowest BCUT2D eigenvalue weighted by molar-refractivity contribution is -0.122. The lowest BCUT2D eigenvalue weighted by atomic mass is 9.78. The summed E-state index contributed by atoms with van der Waals surface area (Å²) in [6.07, 6.45) is 1.54. The summed E-state index contributed by atoms with van der Waals surface area (Å²) < 4.78 is 5.29. The van der Waals surface area contributed by atoms with Crippen LogP contribution in [0.5, 0.6) is 5.75 Å². The molecule has 1 heterocycles. The maximum absolute atomic E-state index is 12.3. The molecule has 0 aromatic heterocycles. The summed E-state index contributed by atoms with van der Waals surface area (Å²) >= 11 is 0. The van der Waals surface area contributed by atoms with Crippen LogP contribution in [-0.4, -0.2) is 33.9 Å². The first-order valence-electron chi connectivity index (χ1n) is 8.34. The molecule has 0 saturated carbocycles. The first-order valence-corrected chi connectivity index (χ1v) is 8.34. The predicted molar refractivity (Wildman–Crippen MR) is 96.6 cm³/mol. The Morgan fingerprint density at radius 1 is 1.15 bits per heavy atom. The van der Waals surface area contributed by atoms with E-state index >= 15 is 0 Å². The number of phenolic OH excluding ortho intramolecular Hbond substituents is 1. The minimum atomic E-state index is -0.949. The normalized spacial score (nSPS) is 16.8. The Kier molecular flexibility index (Phi) is 5.05. The summed E-state index contributed by atoms with van der Waals surface area (Å²) in [4.78, 5) is 24.4. The van der Waals surface area contributed by atoms with E-state index in [0.717, 1.165) is 16.0 Å². The lowest BCUT2D eigenvalue weighted by Gasteiger charge is -2.27. The summed E-state index contributed by atoms with van der Waals surface area (Å²) in [6, 6.07) is 2.67. The maximum atomic E-state index is 12.3. The number of urea groups is 1. The van der Waals surface area contributed by atoms with Gasteiger partial charge in [-0.15, -0.1) is 0 Å². The summed E-state index contributed by atoms with van der Waals surface area (Å²) in [6.45, 7) is 11.7. The highest BCUT2D eigenvalue weighted by Crippen LogP contribution is 2.40. The number of benzene rings is 1. The van der Waals surface area contributed by atoms with Crippen molar-refractivity contribution >= 4 is 18.0 Å². The van der Waals surface area contributed by atoms with Gasteiger partial charge in [0, 0.05) is 11.1 Å². The number of hydrogen-bond donors (Lipinski definition) is 3. The van der Waals surface area contributed by atoms with Gasteiger partial charge in [0.2, 0.25) is 0 Å². The number of imide groups is 1. The molecule has 7 heteroatoms. The van der Waals surface area contributed by atoms with E-state index in [1.807, 2.05) is 53.7 Å². The molecule has 1 aliphatic heterocycles. The zero-order valence-corrected chi connectivity index (χ0v) is 16.0. The van der Waals surface area contributed by atoms with Crippen molar-refractivity contribution in [2.24, 2.45) is 0 Å². The third-order valence-corrected chi connectivity index (χ3v) is 4.19. The van der Waals surface area contributed by atoms with Crippen molar-refractivity contribution < 1.29 is 24.6 Å². The van der Waals surface area contributed by atoms with E-state index in [2.05, 4.69) is 0 Å². The molecule has 0 atom stereocenters. The monoisotopic (exact) mass is 362 g/mol. The van der Waals surface area contributed by atoms with Gasteiger partial charge in [0.05, 0.1) is 0 Å². The SMILES string of the molecule is CC(C)(C)c1cc(/C=C2\OCN(C(=O)NO)C2=O)cc(C(C)(C)C)c1O. The highest BCUT2D eigenvalue weighted by atomic mass is 16.5. The maximum Gasteiger partial charge on any atom is 0.350 e. The molecule has 0 spiro atoms. The fourth-order valence-corrected chi connectivity index (χ4v) is 2.74. The molecule has 0 aliphatic carbocycles. The first kappa shape index (κ1) is 19.8. The van der Waals surface area contributed by atoms with Crippen molar-refractivity contribution in [3.63, 3.8) is 0 Å². The minimum Gasteiger partial charge on any atom is -0.507 e. The molecule has 1 aliphatic rings. The van der Waals surface area contributed by atoms with Gasteiger partial charge < -0.3 is 9.84 Å². The Morgan fingerprint density at radius 2 is 1.65 bits per heavy atom. The van der Waals surface area contributed by atoms with Gasteiger partial charge in [0.1, 0.15) is 5.75 Å². The molecule has 7 nitrogen and oxygen atoms in total. The van der Waals surface area contributed by atoms with Gasteiger partial charge in [-0.05, 0) is 34.6 Å². The molecule has 0 unspecified atom stereocenters. The minimum absolute atomic E-state index is 0.000918. The van der Waals surface area contributed by atoms with Crippen molar-refractivity contribution in [3.8, 4) is 5.75 Å². The topological polar surface area (TPSA) is 99.1 Å². The molecule has 1 aromatic rings. The zero-order valence-electron chi connectivity index (χ0n) is 16.0. The van der Waals surface area contributed by atoms with Crippen LogP contribution in [-0.2, 0) is 20.4 Å². The predicted octanol–water partition coefficient (Wildman–Crippen LogP) is 3.24. The van der Waals surface area contributed by atoms with Gasteiger partial charge in [0.15, 0.2) is 12.5 Å². The number of ether oxygens (including phenoxy) is 1. The number of carbonyl (C=O) groups is 2. The van der Waals surface area contributed by atoms with Crippen LogP contribution < -0.4 is 5.48 Å². The zero-order chi connectivity index (χ0) is 19.9. The molecular formula is C19H26N2O5. The molecule has 0 radical (unpaired) electrons. The number of hydrogen-bond acceptors (Lipinski definition) is 5. The van der Waals surface area contributed by atoms with Gasteiger partial charge in [0.25, 0.3) is 5.91 Å². The van der Waals surface area contributed by atoms with E-state index in [1.54, 1.807) is 0 Å². The largest absolute Gasteiger partial charge is 0.507 e. The Hall–Kier alpha value is -2.54.